The van der Waals surface area contributed by atoms with Gasteiger partial charge in [-0.25, -0.2) is 8.78 Å². The van der Waals surface area contributed by atoms with Crippen LogP contribution in [-0.2, 0) is 11.3 Å². The summed E-state index contributed by atoms with van der Waals surface area (Å²) in [4.78, 5) is 0. The minimum absolute atomic E-state index is 0.141. The van der Waals surface area contributed by atoms with Gasteiger partial charge in [-0.2, -0.15) is 5.10 Å². The molecule has 0 aliphatic carbocycles. The fourth-order valence-corrected chi connectivity index (χ4v) is 1.56. The van der Waals surface area contributed by atoms with Crippen molar-refractivity contribution in [2.24, 2.45) is 0 Å². The fraction of sp³-hybridized carbons (Fsp3) is 0.667. The lowest BCUT2D eigenvalue weighted by molar-refractivity contribution is 0.00846. The van der Waals surface area contributed by atoms with E-state index in [0.717, 1.165) is 3.57 Å². The van der Waals surface area contributed by atoms with Crippen LogP contribution in [0.1, 0.15) is 25.6 Å². The van der Waals surface area contributed by atoms with Crippen LogP contribution in [0.5, 0.6) is 0 Å². The standard InChI is InChI=1S/C9H13F2IN2O/c1-6(2)14-3-7(12)8(13-14)4-15-5-9(10)11/h3,6,9H,4-5H2,1-2H3. The summed E-state index contributed by atoms with van der Waals surface area (Å²) < 4.78 is 31.2. The van der Waals surface area contributed by atoms with Gasteiger partial charge in [0, 0.05) is 12.2 Å². The van der Waals surface area contributed by atoms with Gasteiger partial charge < -0.3 is 4.74 Å². The lowest BCUT2D eigenvalue weighted by atomic mass is 10.4. The molecule has 0 atom stereocenters. The number of halogens is 3. The van der Waals surface area contributed by atoms with Crippen molar-refractivity contribution >= 4 is 22.6 Å². The van der Waals surface area contributed by atoms with Crippen LogP contribution in [0.2, 0.25) is 0 Å². The quantitative estimate of drug-likeness (QED) is 0.777. The number of nitrogens with zero attached hydrogens (tertiary/aromatic N) is 2. The summed E-state index contributed by atoms with van der Waals surface area (Å²) in [5.41, 5.74) is 0.713. The molecular weight excluding hydrogens is 317 g/mol. The zero-order valence-corrected chi connectivity index (χ0v) is 10.7. The van der Waals surface area contributed by atoms with Crippen molar-refractivity contribution < 1.29 is 13.5 Å². The van der Waals surface area contributed by atoms with Crippen molar-refractivity contribution in [2.75, 3.05) is 6.61 Å². The second-order valence-electron chi connectivity index (χ2n) is 3.40. The highest BCUT2D eigenvalue weighted by atomic mass is 127. The third-order valence-electron chi connectivity index (χ3n) is 1.77. The van der Waals surface area contributed by atoms with Gasteiger partial charge in [-0.15, -0.1) is 0 Å². The van der Waals surface area contributed by atoms with Crippen LogP contribution in [0, 0.1) is 3.57 Å². The SMILES string of the molecule is CC(C)n1cc(I)c(COCC(F)F)n1. The van der Waals surface area contributed by atoms with Gasteiger partial charge in [-0.05, 0) is 36.4 Å². The molecule has 0 unspecified atom stereocenters. The first-order valence-electron chi connectivity index (χ1n) is 4.60. The van der Waals surface area contributed by atoms with Gasteiger partial charge >= 0.3 is 0 Å². The first-order valence-corrected chi connectivity index (χ1v) is 5.68. The van der Waals surface area contributed by atoms with Gasteiger partial charge in [0.25, 0.3) is 6.43 Å². The van der Waals surface area contributed by atoms with Gasteiger partial charge in [-0.1, -0.05) is 0 Å². The normalized spacial score (nSPS) is 11.7. The first-order chi connectivity index (χ1) is 7.00. The molecule has 1 aromatic rings. The highest BCUT2D eigenvalue weighted by Gasteiger charge is 2.09. The summed E-state index contributed by atoms with van der Waals surface area (Å²) in [6.07, 6.45) is -0.540. The van der Waals surface area contributed by atoms with Gasteiger partial charge in [0.1, 0.15) is 12.3 Å². The molecular formula is C9H13F2IN2O. The average Bonchev–Trinajstić information content (AvgIpc) is 2.47. The van der Waals surface area contributed by atoms with Crippen molar-refractivity contribution in [1.82, 2.24) is 9.78 Å². The molecule has 0 fully saturated rings. The van der Waals surface area contributed by atoms with E-state index in [1.807, 2.05) is 20.0 Å². The Labute approximate surface area is 101 Å². The molecule has 1 rings (SSSR count). The Bertz CT molecular complexity index is 315. The highest BCUT2D eigenvalue weighted by Crippen LogP contribution is 2.14. The summed E-state index contributed by atoms with van der Waals surface area (Å²) in [6, 6.07) is 0.266. The molecule has 1 aromatic heterocycles. The number of hydrogen-bond acceptors (Lipinski definition) is 2. The predicted molar refractivity (Wildman–Crippen MR) is 61.0 cm³/mol. The summed E-state index contributed by atoms with van der Waals surface area (Å²) >= 11 is 2.12. The monoisotopic (exact) mass is 330 g/mol. The lowest BCUT2D eigenvalue weighted by Gasteiger charge is -2.04. The van der Waals surface area contributed by atoms with Gasteiger partial charge in [0.2, 0.25) is 0 Å². The zero-order valence-electron chi connectivity index (χ0n) is 8.58. The molecule has 0 amide bonds. The number of aromatic nitrogens is 2. The van der Waals surface area contributed by atoms with Crippen LogP contribution in [0.4, 0.5) is 8.78 Å². The summed E-state index contributed by atoms with van der Waals surface area (Å²) in [5.74, 6) is 0. The topological polar surface area (TPSA) is 27.1 Å². The molecule has 1 heterocycles. The van der Waals surface area contributed by atoms with Crippen molar-refractivity contribution in [3.05, 3.63) is 15.5 Å². The number of ether oxygens (including phenoxy) is 1. The van der Waals surface area contributed by atoms with Crippen molar-refractivity contribution in [2.45, 2.75) is 32.9 Å². The molecule has 0 radical (unpaired) electrons. The van der Waals surface area contributed by atoms with Gasteiger partial charge in [0.05, 0.1) is 10.2 Å². The second kappa shape index (κ2) is 5.74. The molecule has 0 aliphatic rings. The molecule has 3 nitrogen and oxygen atoms in total. The maximum Gasteiger partial charge on any atom is 0.261 e. The lowest BCUT2D eigenvalue weighted by Crippen LogP contribution is -2.06. The Kier molecular flexibility index (Phi) is 4.91. The molecule has 15 heavy (non-hydrogen) atoms. The van der Waals surface area contributed by atoms with E-state index in [-0.39, 0.29) is 12.6 Å². The Morgan fingerprint density at radius 2 is 2.20 bits per heavy atom. The van der Waals surface area contributed by atoms with Crippen LogP contribution >= 0.6 is 22.6 Å². The molecule has 0 aliphatic heterocycles. The molecule has 6 heteroatoms. The number of rotatable bonds is 5. The van der Waals surface area contributed by atoms with Gasteiger partial charge in [-0.3, -0.25) is 4.68 Å². The van der Waals surface area contributed by atoms with E-state index in [4.69, 9.17) is 4.74 Å². The van der Waals surface area contributed by atoms with Crippen LogP contribution in [-0.4, -0.2) is 22.8 Å². The molecule has 0 saturated heterocycles. The predicted octanol–water partition coefficient (Wildman–Crippen LogP) is 2.85. The third kappa shape index (κ3) is 4.02. The minimum Gasteiger partial charge on any atom is -0.369 e. The highest BCUT2D eigenvalue weighted by molar-refractivity contribution is 14.1. The van der Waals surface area contributed by atoms with Crippen LogP contribution < -0.4 is 0 Å². The number of hydrogen-bond donors (Lipinski definition) is 0. The maximum absolute atomic E-state index is 11.8. The summed E-state index contributed by atoms with van der Waals surface area (Å²) in [6.45, 7) is 3.62. The molecule has 0 aromatic carbocycles. The maximum atomic E-state index is 11.8. The van der Waals surface area contributed by atoms with Crippen LogP contribution in [0.25, 0.3) is 0 Å². The Balaban J connectivity index is 2.53. The smallest absolute Gasteiger partial charge is 0.261 e. The number of alkyl halides is 2. The van der Waals surface area contributed by atoms with Crippen molar-refractivity contribution in [1.29, 1.82) is 0 Å². The average molecular weight is 330 g/mol. The Hall–Kier alpha value is -0.240. The van der Waals surface area contributed by atoms with E-state index < -0.39 is 13.0 Å². The zero-order chi connectivity index (χ0) is 11.4. The summed E-state index contributed by atoms with van der Waals surface area (Å²) in [7, 11) is 0. The van der Waals surface area contributed by atoms with Crippen LogP contribution in [0.3, 0.4) is 0 Å². The Morgan fingerprint density at radius 1 is 1.53 bits per heavy atom. The van der Waals surface area contributed by atoms with E-state index in [9.17, 15) is 8.78 Å². The van der Waals surface area contributed by atoms with E-state index in [1.165, 1.54) is 0 Å². The first kappa shape index (κ1) is 12.8. The molecule has 0 spiro atoms. The van der Waals surface area contributed by atoms with Crippen molar-refractivity contribution in [3.8, 4) is 0 Å². The van der Waals surface area contributed by atoms with E-state index in [1.54, 1.807) is 4.68 Å². The largest absolute Gasteiger partial charge is 0.369 e. The van der Waals surface area contributed by atoms with Crippen molar-refractivity contribution in [3.63, 3.8) is 0 Å². The van der Waals surface area contributed by atoms with E-state index >= 15 is 0 Å². The second-order valence-corrected chi connectivity index (χ2v) is 4.57. The molecule has 0 N–H and O–H groups in total. The third-order valence-corrected chi connectivity index (χ3v) is 2.67. The van der Waals surface area contributed by atoms with Crippen LogP contribution in [0.15, 0.2) is 6.20 Å². The molecule has 0 saturated carbocycles. The minimum atomic E-state index is -2.42. The fourth-order valence-electron chi connectivity index (χ4n) is 1.01. The summed E-state index contributed by atoms with van der Waals surface area (Å²) in [5, 5.41) is 4.25. The molecule has 86 valence electrons. The molecule has 0 bridgehead atoms. The van der Waals surface area contributed by atoms with E-state index in [2.05, 4.69) is 27.7 Å². The Morgan fingerprint density at radius 3 is 2.67 bits per heavy atom. The van der Waals surface area contributed by atoms with Gasteiger partial charge in [0.15, 0.2) is 0 Å². The van der Waals surface area contributed by atoms with E-state index in [0.29, 0.717) is 5.69 Å².